The number of halogens is 2. The largest absolute Gasteiger partial charge is 0.396 e. The lowest BCUT2D eigenvalue weighted by molar-refractivity contribution is 0.0566. The zero-order chi connectivity index (χ0) is 6.85. The summed E-state index contributed by atoms with van der Waals surface area (Å²) < 4.78 is 23.7. The number of hydrogen-bond acceptors (Lipinski definition) is 2. The van der Waals surface area contributed by atoms with E-state index in [1.165, 1.54) is 6.20 Å². The number of rotatable bonds is 1. The van der Waals surface area contributed by atoms with Crippen molar-refractivity contribution in [2.45, 2.75) is 6.55 Å². The molecule has 0 atom stereocenters. The van der Waals surface area contributed by atoms with E-state index in [-0.39, 0.29) is 5.69 Å². The van der Waals surface area contributed by atoms with Gasteiger partial charge in [-0.3, -0.25) is 0 Å². The normalized spacial score (nSPS) is 10.6. The van der Waals surface area contributed by atoms with E-state index in [2.05, 4.69) is 5.10 Å². The van der Waals surface area contributed by atoms with Crippen LogP contribution >= 0.6 is 0 Å². The topological polar surface area (TPSA) is 43.8 Å². The van der Waals surface area contributed by atoms with Gasteiger partial charge < -0.3 is 5.73 Å². The summed E-state index contributed by atoms with van der Waals surface area (Å²) in [5.74, 6) is 0. The highest BCUT2D eigenvalue weighted by Crippen LogP contribution is 2.09. The van der Waals surface area contributed by atoms with Gasteiger partial charge in [-0.1, -0.05) is 0 Å². The van der Waals surface area contributed by atoms with Crippen molar-refractivity contribution >= 4 is 5.69 Å². The number of nitrogens with zero attached hydrogens (tertiary/aromatic N) is 2. The maximum atomic E-state index is 11.6. The Bertz CT molecular complexity index is 195. The number of alkyl halides is 2. The summed E-state index contributed by atoms with van der Waals surface area (Å²) >= 11 is 0. The molecule has 1 aromatic rings. The molecule has 0 aliphatic rings. The summed E-state index contributed by atoms with van der Waals surface area (Å²) in [6.45, 7) is -2.60. The maximum absolute atomic E-state index is 11.6. The Hall–Kier alpha value is -1.13. The van der Waals surface area contributed by atoms with Crippen LogP contribution in [0.25, 0.3) is 0 Å². The first kappa shape index (κ1) is 6.00. The Morgan fingerprint density at radius 1 is 1.67 bits per heavy atom. The molecule has 1 heterocycles. The van der Waals surface area contributed by atoms with Gasteiger partial charge in [0.2, 0.25) is 0 Å². The van der Waals surface area contributed by atoms with Gasteiger partial charge in [-0.15, -0.1) is 0 Å². The van der Waals surface area contributed by atoms with Crippen LogP contribution in [0, 0.1) is 0 Å². The number of anilines is 1. The lowest BCUT2D eigenvalue weighted by Crippen LogP contribution is -1.96. The predicted molar refractivity (Wildman–Crippen MR) is 27.9 cm³/mol. The van der Waals surface area contributed by atoms with Gasteiger partial charge in [-0.2, -0.15) is 13.9 Å². The summed E-state index contributed by atoms with van der Waals surface area (Å²) in [6, 6.07) is 0. The van der Waals surface area contributed by atoms with Crippen molar-refractivity contribution in [3.63, 3.8) is 0 Å². The SMILES string of the molecule is Nc1cnn(C(F)F)c1. The molecule has 9 heavy (non-hydrogen) atoms. The fraction of sp³-hybridized carbons (Fsp3) is 0.250. The van der Waals surface area contributed by atoms with Crippen molar-refractivity contribution < 1.29 is 8.78 Å². The first-order valence-corrected chi connectivity index (χ1v) is 2.28. The Morgan fingerprint density at radius 3 is 2.56 bits per heavy atom. The van der Waals surface area contributed by atoms with Crippen LogP contribution in [0.1, 0.15) is 6.55 Å². The van der Waals surface area contributed by atoms with Crippen LogP contribution in [-0.4, -0.2) is 9.78 Å². The van der Waals surface area contributed by atoms with Gasteiger partial charge in [0.1, 0.15) is 0 Å². The molecule has 0 spiro atoms. The second-order valence-electron chi connectivity index (χ2n) is 1.53. The highest BCUT2D eigenvalue weighted by molar-refractivity contribution is 5.30. The highest BCUT2D eigenvalue weighted by Gasteiger charge is 2.04. The molecule has 3 nitrogen and oxygen atoms in total. The van der Waals surface area contributed by atoms with Gasteiger partial charge in [0.25, 0.3) is 0 Å². The summed E-state index contributed by atoms with van der Waals surface area (Å²) in [5, 5.41) is 3.26. The van der Waals surface area contributed by atoms with Crippen molar-refractivity contribution in [3.05, 3.63) is 12.4 Å². The molecule has 0 amide bonds. The van der Waals surface area contributed by atoms with Crippen LogP contribution in [0.2, 0.25) is 0 Å². The van der Waals surface area contributed by atoms with Crippen LogP contribution in [0.4, 0.5) is 14.5 Å². The Kier molecular flexibility index (Phi) is 1.33. The van der Waals surface area contributed by atoms with Gasteiger partial charge in [-0.25, -0.2) is 4.68 Å². The number of aromatic nitrogens is 2. The number of nitrogen functional groups attached to an aromatic ring is 1. The second kappa shape index (κ2) is 2.00. The minimum Gasteiger partial charge on any atom is -0.396 e. The Balaban J connectivity index is 2.85. The van der Waals surface area contributed by atoms with E-state index < -0.39 is 6.55 Å². The summed E-state index contributed by atoms with van der Waals surface area (Å²) in [4.78, 5) is 0. The van der Waals surface area contributed by atoms with Gasteiger partial charge in [0.05, 0.1) is 18.1 Å². The van der Waals surface area contributed by atoms with Gasteiger partial charge in [0.15, 0.2) is 0 Å². The fourth-order valence-corrected chi connectivity index (χ4v) is 0.459. The minimum absolute atomic E-state index is 0.246. The molecule has 0 saturated carbocycles. The third kappa shape index (κ3) is 1.16. The van der Waals surface area contributed by atoms with Crippen LogP contribution in [0.3, 0.4) is 0 Å². The molecule has 0 aliphatic carbocycles. The summed E-state index contributed by atoms with van der Waals surface area (Å²) in [6.07, 6.45) is 2.25. The number of hydrogen-bond donors (Lipinski definition) is 1. The molecule has 0 unspecified atom stereocenters. The molecular formula is C4H5F2N3. The van der Waals surface area contributed by atoms with E-state index in [0.29, 0.717) is 4.68 Å². The van der Waals surface area contributed by atoms with Crippen molar-refractivity contribution in [1.29, 1.82) is 0 Å². The molecule has 50 valence electrons. The standard InChI is InChI=1S/C4H5F2N3/c5-4(6)9-2-3(7)1-8-9/h1-2,4H,7H2. The Labute approximate surface area is 50.1 Å². The molecule has 1 rings (SSSR count). The molecular weight excluding hydrogens is 128 g/mol. The van der Waals surface area contributed by atoms with Crippen LogP contribution < -0.4 is 5.73 Å². The number of nitrogens with two attached hydrogens (primary N) is 1. The minimum atomic E-state index is -2.60. The van der Waals surface area contributed by atoms with E-state index >= 15 is 0 Å². The van der Waals surface area contributed by atoms with Gasteiger partial charge >= 0.3 is 6.55 Å². The highest BCUT2D eigenvalue weighted by atomic mass is 19.3. The lowest BCUT2D eigenvalue weighted by atomic mass is 10.6. The second-order valence-corrected chi connectivity index (χ2v) is 1.53. The van der Waals surface area contributed by atoms with E-state index in [1.807, 2.05) is 0 Å². The quantitative estimate of drug-likeness (QED) is 0.617. The van der Waals surface area contributed by atoms with Crippen LogP contribution in [-0.2, 0) is 0 Å². The molecule has 0 aromatic carbocycles. The van der Waals surface area contributed by atoms with Gasteiger partial charge in [0, 0.05) is 0 Å². The molecule has 0 fully saturated rings. The molecule has 0 saturated heterocycles. The monoisotopic (exact) mass is 133 g/mol. The van der Waals surface area contributed by atoms with Crippen LogP contribution in [0.15, 0.2) is 12.4 Å². The van der Waals surface area contributed by atoms with E-state index in [1.54, 1.807) is 0 Å². The lowest BCUT2D eigenvalue weighted by Gasteiger charge is -1.93. The summed E-state index contributed by atoms with van der Waals surface area (Å²) in [5.41, 5.74) is 5.35. The van der Waals surface area contributed by atoms with E-state index in [4.69, 9.17) is 5.73 Å². The van der Waals surface area contributed by atoms with Gasteiger partial charge in [-0.05, 0) is 0 Å². The van der Waals surface area contributed by atoms with E-state index in [0.717, 1.165) is 6.20 Å². The maximum Gasteiger partial charge on any atom is 0.333 e. The zero-order valence-electron chi connectivity index (χ0n) is 4.46. The summed E-state index contributed by atoms with van der Waals surface area (Å²) in [7, 11) is 0. The molecule has 0 radical (unpaired) electrons. The molecule has 0 aliphatic heterocycles. The molecule has 2 N–H and O–H groups in total. The van der Waals surface area contributed by atoms with Crippen molar-refractivity contribution in [1.82, 2.24) is 9.78 Å². The molecule has 0 bridgehead atoms. The van der Waals surface area contributed by atoms with Crippen molar-refractivity contribution in [2.75, 3.05) is 5.73 Å². The third-order valence-corrected chi connectivity index (χ3v) is 0.821. The molecule has 5 heteroatoms. The first-order chi connectivity index (χ1) is 4.20. The fourth-order valence-electron chi connectivity index (χ4n) is 0.459. The smallest absolute Gasteiger partial charge is 0.333 e. The van der Waals surface area contributed by atoms with Crippen molar-refractivity contribution in [2.24, 2.45) is 0 Å². The zero-order valence-corrected chi connectivity index (χ0v) is 4.46. The average Bonchev–Trinajstić information content (AvgIpc) is 2.14. The average molecular weight is 133 g/mol. The molecule has 1 aromatic heterocycles. The van der Waals surface area contributed by atoms with Crippen LogP contribution in [0.5, 0.6) is 0 Å². The predicted octanol–water partition coefficient (Wildman–Crippen LogP) is 0.860. The first-order valence-electron chi connectivity index (χ1n) is 2.28. The van der Waals surface area contributed by atoms with Crippen molar-refractivity contribution in [3.8, 4) is 0 Å². The van der Waals surface area contributed by atoms with E-state index in [9.17, 15) is 8.78 Å². The third-order valence-electron chi connectivity index (χ3n) is 0.821. The Morgan fingerprint density at radius 2 is 2.33 bits per heavy atom.